The van der Waals surface area contributed by atoms with Crippen LogP contribution in [0.15, 0.2) is 6.20 Å². The van der Waals surface area contributed by atoms with Gasteiger partial charge in [-0.05, 0) is 0 Å². The van der Waals surface area contributed by atoms with Crippen molar-refractivity contribution < 1.29 is 32.7 Å². The molecule has 0 saturated carbocycles. The van der Waals surface area contributed by atoms with Gasteiger partial charge in [-0.3, -0.25) is 0 Å². The van der Waals surface area contributed by atoms with E-state index in [0.29, 0.717) is 5.92 Å². The van der Waals surface area contributed by atoms with E-state index in [1.165, 1.54) is 0 Å². The van der Waals surface area contributed by atoms with Crippen LogP contribution in [-0.4, -0.2) is 9.97 Å². The Balaban J connectivity index is 0.000000810. The molecule has 0 spiro atoms. The quantitative estimate of drug-likeness (QED) is 0.705. The number of aromatic amines is 1. The van der Waals surface area contributed by atoms with Crippen LogP contribution in [0.3, 0.4) is 0 Å². The van der Waals surface area contributed by atoms with Gasteiger partial charge >= 0.3 is 0 Å². The summed E-state index contributed by atoms with van der Waals surface area (Å²) in [5, 5.41) is 0. The predicted molar refractivity (Wildman–Crippen MR) is 37.1 cm³/mol. The zero-order valence-electron chi connectivity index (χ0n) is 6.39. The molecule has 1 N–H and O–H groups in total. The van der Waals surface area contributed by atoms with Crippen LogP contribution < -0.4 is 0 Å². The maximum atomic E-state index is 4.10. The van der Waals surface area contributed by atoms with Crippen molar-refractivity contribution in [3.05, 3.63) is 24.6 Å². The van der Waals surface area contributed by atoms with Crippen molar-refractivity contribution in [3.63, 3.8) is 0 Å². The van der Waals surface area contributed by atoms with Crippen LogP contribution in [0, 0.1) is 6.92 Å². The molecule has 0 unspecified atom stereocenters. The van der Waals surface area contributed by atoms with E-state index >= 15 is 0 Å². The summed E-state index contributed by atoms with van der Waals surface area (Å²) in [6.07, 6.45) is 1.75. The number of imidazole rings is 1. The molecule has 53 valence electrons. The first-order valence-electron chi connectivity index (χ1n) is 3.07. The maximum Gasteiger partial charge on any atom is 0.0868 e. The van der Waals surface area contributed by atoms with Crippen LogP contribution >= 0.6 is 0 Å². The molecular formula is C7H11N2Y-. The Morgan fingerprint density at radius 3 is 2.40 bits per heavy atom. The molecule has 2 nitrogen and oxygen atoms in total. The molecule has 3 heteroatoms. The van der Waals surface area contributed by atoms with Crippen LogP contribution in [0.25, 0.3) is 0 Å². The Kier molecular flexibility index (Phi) is 4.22. The second-order valence-corrected chi connectivity index (χ2v) is 2.45. The average Bonchev–Trinajstić information content (AvgIpc) is 2.14. The number of nitrogens with zero attached hydrogens (tertiary/aromatic N) is 1. The molecule has 0 aliphatic rings. The molecule has 1 heterocycles. The summed E-state index contributed by atoms with van der Waals surface area (Å²) >= 11 is 0. The standard InChI is InChI=1S/C7H11N2.Y/c1-5(2)7-8-4-6(3)9-7;/h4-5H,3H2,1-2H3,(H,8,9);/q-1;. The fourth-order valence-electron chi connectivity index (χ4n) is 0.670. The summed E-state index contributed by atoms with van der Waals surface area (Å²) in [6.45, 7) is 7.90. The van der Waals surface area contributed by atoms with E-state index in [4.69, 9.17) is 0 Å². The number of hydrogen-bond donors (Lipinski definition) is 1. The van der Waals surface area contributed by atoms with Gasteiger partial charge < -0.3 is 9.97 Å². The molecule has 1 rings (SSSR count). The van der Waals surface area contributed by atoms with Gasteiger partial charge in [0.1, 0.15) is 0 Å². The molecule has 0 atom stereocenters. The first-order valence-corrected chi connectivity index (χ1v) is 3.07. The number of rotatable bonds is 1. The van der Waals surface area contributed by atoms with E-state index in [1.807, 2.05) is 0 Å². The van der Waals surface area contributed by atoms with Crippen molar-refractivity contribution >= 4 is 0 Å². The molecule has 0 saturated heterocycles. The third-order valence-corrected chi connectivity index (χ3v) is 1.19. The maximum absolute atomic E-state index is 4.10. The van der Waals surface area contributed by atoms with Crippen molar-refractivity contribution in [2.75, 3.05) is 0 Å². The fraction of sp³-hybridized carbons (Fsp3) is 0.429. The van der Waals surface area contributed by atoms with Crippen molar-refractivity contribution in [2.45, 2.75) is 19.8 Å². The Bertz CT molecular complexity index is 193. The van der Waals surface area contributed by atoms with Crippen molar-refractivity contribution in [2.24, 2.45) is 0 Å². The van der Waals surface area contributed by atoms with E-state index in [-0.39, 0.29) is 32.7 Å². The van der Waals surface area contributed by atoms with Gasteiger partial charge in [-0.2, -0.15) is 0 Å². The van der Waals surface area contributed by atoms with Crippen LogP contribution in [-0.2, 0) is 32.7 Å². The van der Waals surface area contributed by atoms with Crippen LogP contribution in [0.2, 0.25) is 0 Å². The molecular weight excluding hydrogens is 201 g/mol. The normalized spacial score (nSPS) is 9.50. The van der Waals surface area contributed by atoms with Gasteiger partial charge in [0.05, 0.1) is 5.82 Å². The van der Waals surface area contributed by atoms with Gasteiger partial charge in [-0.1, -0.05) is 20.0 Å². The summed E-state index contributed by atoms with van der Waals surface area (Å²) in [4.78, 5) is 7.15. The molecule has 0 bridgehead atoms. The molecule has 0 aliphatic carbocycles. The summed E-state index contributed by atoms with van der Waals surface area (Å²) in [7, 11) is 0. The molecule has 1 aromatic heterocycles. The fourth-order valence-corrected chi connectivity index (χ4v) is 0.670. The zero-order valence-corrected chi connectivity index (χ0v) is 9.22. The van der Waals surface area contributed by atoms with Crippen LogP contribution in [0.5, 0.6) is 0 Å². The van der Waals surface area contributed by atoms with E-state index in [2.05, 4.69) is 30.7 Å². The van der Waals surface area contributed by atoms with E-state index in [1.54, 1.807) is 6.20 Å². The van der Waals surface area contributed by atoms with Crippen molar-refractivity contribution in [1.82, 2.24) is 9.97 Å². The predicted octanol–water partition coefficient (Wildman–Crippen LogP) is 1.71. The molecule has 0 amide bonds. The Hall–Kier alpha value is 0.184. The Morgan fingerprint density at radius 2 is 2.20 bits per heavy atom. The number of H-pyrrole nitrogens is 1. The second-order valence-electron chi connectivity index (χ2n) is 2.45. The van der Waals surface area contributed by atoms with Crippen LogP contribution in [0.4, 0.5) is 0 Å². The number of aromatic nitrogens is 2. The third kappa shape index (κ3) is 2.43. The number of hydrogen-bond acceptors (Lipinski definition) is 1. The topological polar surface area (TPSA) is 28.7 Å². The van der Waals surface area contributed by atoms with E-state index < -0.39 is 0 Å². The van der Waals surface area contributed by atoms with Crippen LogP contribution in [0.1, 0.15) is 31.3 Å². The number of nitrogens with one attached hydrogen (secondary N) is 1. The summed E-state index contributed by atoms with van der Waals surface area (Å²) < 4.78 is 0. The second kappa shape index (κ2) is 4.14. The summed E-state index contributed by atoms with van der Waals surface area (Å²) in [5.41, 5.74) is 0.888. The first-order chi connectivity index (χ1) is 4.20. The smallest absolute Gasteiger partial charge is 0.0868 e. The monoisotopic (exact) mass is 212 g/mol. The van der Waals surface area contributed by atoms with E-state index in [0.717, 1.165) is 11.5 Å². The minimum Gasteiger partial charge on any atom is -0.378 e. The first kappa shape index (κ1) is 10.2. The summed E-state index contributed by atoms with van der Waals surface area (Å²) in [6, 6.07) is 0. The minimum atomic E-state index is 0. The largest absolute Gasteiger partial charge is 0.378 e. The van der Waals surface area contributed by atoms with Gasteiger partial charge in [0.25, 0.3) is 0 Å². The van der Waals surface area contributed by atoms with Gasteiger partial charge in [0.15, 0.2) is 0 Å². The van der Waals surface area contributed by atoms with Crippen molar-refractivity contribution in [3.8, 4) is 0 Å². The zero-order chi connectivity index (χ0) is 6.85. The Morgan fingerprint density at radius 1 is 1.60 bits per heavy atom. The molecule has 0 fully saturated rings. The SMILES string of the molecule is [CH2-]c1cnc(C(C)C)[nH]1.[Y]. The van der Waals surface area contributed by atoms with E-state index in [9.17, 15) is 0 Å². The van der Waals surface area contributed by atoms with Gasteiger partial charge in [0, 0.05) is 38.6 Å². The molecule has 0 aromatic carbocycles. The minimum absolute atomic E-state index is 0. The van der Waals surface area contributed by atoms with Gasteiger partial charge in [-0.25, -0.2) is 6.92 Å². The molecule has 1 radical (unpaired) electrons. The van der Waals surface area contributed by atoms with Gasteiger partial charge in [-0.15, -0.1) is 5.69 Å². The molecule has 0 aliphatic heterocycles. The summed E-state index contributed by atoms with van der Waals surface area (Å²) in [5.74, 6) is 1.49. The van der Waals surface area contributed by atoms with Crippen molar-refractivity contribution in [1.29, 1.82) is 0 Å². The molecule has 10 heavy (non-hydrogen) atoms. The van der Waals surface area contributed by atoms with Gasteiger partial charge in [0.2, 0.25) is 0 Å². The molecule has 1 aromatic rings. The Labute approximate surface area is 86.7 Å². The average molecular weight is 212 g/mol. The third-order valence-electron chi connectivity index (χ3n) is 1.19.